The van der Waals surface area contributed by atoms with Crippen molar-refractivity contribution >= 4 is 38.4 Å². The summed E-state index contributed by atoms with van der Waals surface area (Å²) in [5, 5.41) is 15.0. The number of aryl methyl sites for hydroxylation is 1. The van der Waals surface area contributed by atoms with Crippen LogP contribution in [-0.2, 0) is 10.0 Å². The van der Waals surface area contributed by atoms with E-state index in [1.165, 1.54) is 0 Å². The van der Waals surface area contributed by atoms with Crippen LogP contribution in [0.5, 0.6) is 0 Å². The smallest absolute Gasteiger partial charge is 0.214 e. The highest BCUT2D eigenvalue weighted by Crippen LogP contribution is 2.38. The molecule has 2 saturated heterocycles. The normalized spacial score (nSPS) is 23.4. The van der Waals surface area contributed by atoms with Crippen molar-refractivity contribution in [3.8, 4) is 0 Å². The molecular formula is C24H33N7O2S. The van der Waals surface area contributed by atoms with Crippen molar-refractivity contribution in [1.29, 1.82) is 0 Å². The summed E-state index contributed by atoms with van der Waals surface area (Å²) in [7, 11) is -3.25. The van der Waals surface area contributed by atoms with Crippen LogP contribution in [0.25, 0.3) is 10.9 Å². The summed E-state index contributed by atoms with van der Waals surface area (Å²) in [6, 6.07) is 8.02. The lowest BCUT2D eigenvalue weighted by Gasteiger charge is -2.48. The Morgan fingerprint density at radius 3 is 2.62 bits per heavy atom. The predicted octanol–water partition coefficient (Wildman–Crippen LogP) is 4.19. The third-order valence-electron chi connectivity index (χ3n) is 6.68. The van der Waals surface area contributed by atoms with E-state index in [-0.39, 0.29) is 29.8 Å². The minimum absolute atomic E-state index is 0.0477. The van der Waals surface area contributed by atoms with Crippen LogP contribution in [0.4, 0.5) is 17.5 Å². The van der Waals surface area contributed by atoms with Gasteiger partial charge in [0.05, 0.1) is 11.3 Å². The molecule has 0 spiro atoms. The van der Waals surface area contributed by atoms with E-state index in [2.05, 4.69) is 25.8 Å². The highest BCUT2D eigenvalue weighted by Gasteiger charge is 2.44. The zero-order valence-electron chi connectivity index (χ0n) is 20.0. The van der Waals surface area contributed by atoms with Gasteiger partial charge in [0.25, 0.3) is 0 Å². The monoisotopic (exact) mass is 483 g/mol. The van der Waals surface area contributed by atoms with Gasteiger partial charge in [-0.05, 0) is 50.7 Å². The number of piperidine rings is 2. The maximum absolute atomic E-state index is 13.1. The average molecular weight is 484 g/mol. The molecule has 5 rings (SSSR count). The fourth-order valence-corrected chi connectivity index (χ4v) is 7.78. The van der Waals surface area contributed by atoms with Gasteiger partial charge < -0.3 is 10.6 Å². The topological polar surface area (TPSA) is 116 Å². The molecule has 1 unspecified atom stereocenters. The molecule has 2 fully saturated rings. The molecule has 0 amide bonds. The van der Waals surface area contributed by atoms with Crippen LogP contribution in [0.15, 0.2) is 30.5 Å². The molecule has 0 saturated carbocycles. The molecule has 3 aromatic rings. The summed E-state index contributed by atoms with van der Waals surface area (Å²) in [4.78, 5) is 9.39. The second-order valence-electron chi connectivity index (χ2n) is 10.0. The number of H-pyrrole nitrogens is 1. The van der Waals surface area contributed by atoms with Gasteiger partial charge in [-0.25, -0.2) is 13.4 Å². The number of rotatable bonds is 7. The van der Waals surface area contributed by atoms with Gasteiger partial charge in [-0.15, -0.1) is 0 Å². The minimum atomic E-state index is -3.25. The van der Waals surface area contributed by atoms with E-state index in [1.807, 2.05) is 49.3 Å². The first-order valence-electron chi connectivity index (χ1n) is 12.1. The van der Waals surface area contributed by atoms with E-state index in [4.69, 9.17) is 4.98 Å². The quantitative estimate of drug-likeness (QED) is 0.461. The molecule has 2 bridgehead atoms. The second kappa shape index (κ2) is 9.14. The van der Waals surface area contributed by atoms with E-state index in [9.17, 15) is 8.42 Å². The van der Waals surface area contributed by atoms with E-state index >= 15 is 0 Å². The lowest BCUT2D eigenvalue weighted by atomic mass is 9.84. The van der Waals surface area contributed by atoms with Crippen molar-refractivity contribution in [1.82, 2.24) is 24.5 Å². The number of nitrogens with zero attached hydrogens (tertiary/aromatic N) is 4. The zero-order chi connectivity index (χ0) is 23.9. The van der Waals surface area contributed by atoms with Crippen LogP contribution in [-0.4, -0.2) is 56.8 Å². The van der Waals surface area contributed by atoms with Crippen molar-refractivity contribution in [2.24, 2.45) is 5.92 Å². The van der Waals surface area contributed by atoms with Crippen molar-refractivity contribution in [2.75, 3.05) is 16.4 Å². The molecule has 3 N–H and O–H groups in total. The van der Waals surface area contributed by atoms with E-state index in [0.717, 1.165) is 54.5 Å². The summed E-state index contributed by atoms with van der Waals surface area (Å²) < 4.78 is 28.1. The van der Waals surface area contributed by atoms with Crippen LogP contribution in [0.3, 0.4) is 0 Å². The average Bonchev–Trinajstić information content (AvgIpc) is 3.16. The Morgan fingerprint density at radius 2 is 1.94 bits per heavy atom. The Hall–Kier alpha value is -2.72. The van der Waals surface area contributed by atoms with Crippen LogP contribution in [0.2, 0.25) is 0 Å². The fourth-order valence-electron chi connectivity index (χ4n) is 5.47. The molecule has 2 aliphatic heterocycles. The van der Waals surface area contributed by atoms with Gasteiger partial charge in [0, 0.05) is 47.5 Å². The molecule has 5 heterocycles. The van der Waals surface area contributed by atoms with E-state index in [0.29, 0.717) is 11.6 Å². The standard InChI is InChI=1S/C24H33N7O2S/c1-15(2)14-34(32,33)31-18-6-4-7-19(31)12-17(11-18)26-24-20-8-5-9-25-21(20)13-22(28-24)27-23-10-16(3)29-30-23/h5,8-10,13,15,17-19H,4,6-7,11-12,14H2,1-3H3,(H3,26,27,28,29,30)/t17?,18-,19+. The first kappa shape index (κ1) is 23.0. The van der Waals surface area contributed by atoms with Gasteiger partial charge in [-0.2, -0.15) is 9.40 Å². The van der Waals surface area contributed by atoms with Crippen molar-refractivity contribution < 1.29 is 8.42 Å². The number of nitrogens with one attached hydrogen (secondary N) is 3. The van der Waals surface area contributed by atoms with E-state index in [1.54, 1.807) is 6.20 Å². The van der Waals surface area contributed by atoms with Gasteiger partial charge in [0.15, 0.2) is 5.82 Å². The first-order valence-corrected chi connectivity index (χ1v) is 13.7. The number of aromatic nitrogens is 4. The van der Waals surface area contributed by atoms with Crippen molar-refractivity contribution in [3.63, 3.8) is 0 Å². The van der Waals surface area contributed by atoms with Gasteiger partial charge in [-0.3, -0.25) is 10.1 Å². The Balaban J connectivity index is 1.40. The molecule has 3 aromatic heterocycles. The van der Waals surface area contributed by atoms with E-state index < -0.39 is 10.0 Å². The molecule has 34 heavy (non-hydrogen) atoms. The molecular weight excluding hydrogens is 450 g/mol. The van der Waals surface area contributed by atoms with Crippen LogP contribution in [0, 0.1) is 12.8 Å². The molecule has 182 valence electrons. The summed E-state index contributed by atoms with van der Waals surface area (Å²) >= 11 is 0. The maximum atomic E-state index is 13.1. The molecule has 10 heteroatoms. The van der Waals surface area contributed by atoms with Crippen LogP contribution >= 0.6 is 0 Å². The fraction of sp³-hybridized carbons (Fsp3) is 0.542. The van der Waals surface area contributed by atoms with Gasteiger partial charge in [0.2, 0.25) is 10.0 Å². The largest absolute Gasteiger partial charge is 0.367 e. The highest BCUT2D eigenvalue weighted by atomic mass is 32.2. The number of anilines is 3. The lowest BCUT2D eigenvalue weighted by molar-refractivity contribution is 0.115. The Bertz CT molecular complexity index is 1260. The number of pyridine rings is 2. The van der Waals surface area contributed by atoms with Crippen molar-refractivity contribution in [2.45, 2.75) is 71.0 Å². The minimum Gasteiger partial charge on any atom is -0.367 e. The van der Waals surface area contributed by atoms with Gasteiger partial charge in [0.1, 0.15) is 11.6 Å². The number of fused-ring (bicyclic) bond motifs is 3. The Morgan fingerprint density at radius 1 is 1.18 bits per heavy atom. The molecule has 0 aromatic carbocycles. The molecule has 0 radical (unpaired) electrons. The number of sulfonamides is 1. The third kappa shape index (κ3) is 4.74. The van der Waals surface area contributed by atoms with Crippen LogP contribution in [0.1, 0.15) is 51.6 Å². The SMILES string of the molecule is Cc1cc(Nc2cc3ncccc3c(NC3C[C@H]4CCC[C@@H](C3)N4S(=O)(=O)CC(C)C)n2)n[nH]1. The van der Waals surface area contributed by atoms with Gasteiger partial charge in [-0.1, -0.05) is 20.3 Å². The zero-order valence-corrected chi connectivity index (χ0v) is 20.8. The summed E-state index contributed by atoms with van der Waals surface area (Å²) in [5.41, 5.74) is 1.80. The lowest BCUT2D eigenvalue weighted by Crippen LogP contribution is -2.57. The Labute approximate surface area is 200 Å². The maximum Gasteiger partial charge on any atom is 0.214 e. The highest BCUT2D eigenvalue weighted by molar-refractivity contribution is 7.89. The number of aromatic amines is 1. The first-order chi connectivity index (χ1) is 16.3. The van der Waals surface area contributed by atoms with Crippen LogP contribution < -0.4 is 10.6 Å². The second-order valence-corrected chi connectivity index (χ2v) is 12.0. The summed E-state index contributed by atoms with van der Waals surface area (Å²) in [6.07, 6.45) is 6.27. The number of hydrogen-bond donors (Lipinski definition) is 3. The summed E-state index contributed by atoms with van der Waals surface area (Å²) in [6.45, 7) is 5.89. The Kier molecular flexibility index (Phi) is 6.20. The molecule has 0 aliphatic carbocycles. The number of hydrogen-bond acceptors (Lipinski definition) is 7. The third-order valence-corrected chi connectivity index (χ3v) is 9.00. The predicted molar refractivity (Wildman–Crippen MR) is 135 cm³/mol. The molecule has 2 aliphatic rings. The van der Waals surface area contributed by atoms with Gasteiger partial charge >= 0.3 is 0 Å². The van der Waals surface area contributed by atoms with Crippen molar-refractivity contribution in [3.05, 3.63) is 36.2 Å². The molecule has 9 nitrogen and oxygen atoms in total. The summed E-state index contributed by atoms with van der Waals surface area (Å²) in [5.74, 6) is 2.47. The molecule has 3 atom stereocenters.